The predicted octanol–water partition coefficient (Wildman–Crippen LogP) is 3.89. The van der Waals surface area contributed by atoms with Crippen molar-refractivity contribution in [3.05, 3.63) is 89.0 Å². The second-order valence-electron chi connectivity index (χ2n) is 7.26. The topological polar surface area (TPSA) is 95.9 Å². The SMILES string of the molecule is O=C(NC(Cc1ccc(O)cc1)C(=O)O)OCc1cccc2c1Cc1ccccc1-2. The van der Waals surface area contributed by atoms with Crippen LogP contribution >= 0.6 is 0 Å². The summed E-state index contributed by atoms with van der Waals surface area (Å²) in [6.07, 6.45) is 0.0840. The number of fused-ring (bicyclic) bond motifs is 3. The van der Waals surface area contributed by atoms with Gasteiger partial charge in [-0.3, -0.25) is 0 Å². The van der Waals surface area contributed by atoms with Crippen molar-refractivity contribution in [3.8, 4) is 16.9 Å². The zero-order valence-corrected chi connectivity index (χ0v) is 16.2. The maximum atomic E-state index is 12.3. The lowest BCUT2D eigenvalue weighted by Crippen LogP contribution is -2.42. The van der Waals surface area contributed by atoms with Gasteiger partial charge in [-0.15, -0.1) is 0 Å². The predicted molar refractivity (Wildman–Crippen MR) is 111 cm³/mol. The van der Waals surface area contributed by atoms with Crippen LogP contribution in [0, 0.1) is 0 Å². The Morgan fingerprint density at radius 2 is 1.70 bits per heavy atom. The minimum atomic E-state index is -1.16. The van der Waals surface area contributed by atoms with Crippen molar-refractivity contribution < 1.29 is 24.5 Å². The largest absolute Gasteiger partial charge is 0.508 e. The summed E-state index contributed by atoms with van der Waals surface area (Å²) < 4.78 is 5.34. The fourth-order valence-corrected chi connectivity index (χ4v) is 3.75. The van der Waals surface area contributed by atoms with E-state index in [1.165, 1.54) is 23.3 Å². The van der Waals surface area contributed by atoms with Gasteiger partial charge in [0.2, 0.25) is 0 Å². The number of phenols is 1. The van der Waals surface area contributed by atoms with Crippen LogP contribution in [0.5, 0.6) is 5.75 Å². The van der Waals surface area contributed by atoms with Gasteiger partial charge in [0, 0.05) is 6.42 Å². The van der Waals surface area contributed by atoms with E-state index in [1.54, 1.807) is 12.1 Å². The number of carbonyl (C=O) groups is 2. The fraction of sp³-hybridized carbons (Fsp3) is 0.167. The summed E-state index contributed by atoms with van der Waals surface area (Å²) in [7, 11) is 0. The number of carboxylic acid groups (broad SMARTS) is 1. The lowest BCUT2D eigenvalue weighted by atomic mass is 10.0. The number of hydrogen-bond acceptors (Lipinski definition) is 4. The summed E-state index contributed by atoms with van der Waals surface area (Å²) in [6, 6.07) is 19.1. The minimum Gasteiger partial charge on any atom is -0.508 e. The zero-order valence-electron chi connectivity index (χ0n) is 16.2. The first-order chi connectivity index (χ1) is 14.5. The van der Waals surface area contributed by atoms with E-state index in [1.807, 2.05) is 24.3 Å². The molecular weight excluding hydrogens is 382 g/mol. The highest BCUT2D eigenvalue weighted by atomic mass is 16.5. The molecule has 30 heavy (non-hydrogen) atoms. The maximum Gasteiger partial charge on any atom is 0.408 e. The molecule has 3 N–H and O–H groups in total. The third-order valence-corrected chi connectivity index (χ3v) is 5.27. The number of aromatic hydroxyl groups is 1. The average Bonchev–Trinajstić information content (AvgIpc) is 3.12. The highest BCUT2D eigenvalue weighted by molar-refractivity contribution is 5.80. The van der Waals surface area contributed by atoms with Crippen LogP contribution in [0.4, 0.5) is 4.79 Å². The minimum absolute atomic E-state index is 0.0640. The van der Waals surface area contributed by atoms with Crippen LogP contribution in [-0.4, -0.2) is 28.3 Å². The summed E-state index contributed by atoms with van der Waals surface area (Å²) in [5.74, 6) is -1.06. The number of hydrogen-bond donors (Lipinski definition) is 3. The number of alkyl carbamates (subject to hydrolysis) is 1. The number of amides is 1. The number of phenolic OH excluding ortho intramolecular Hbond substituents is 1. The van der Waals surface area contributed by atoms with E-state index in [0.29, 0.717) is 5.56 Å². The molecule has 6 heteroatoms. The van der Waals surface area contributed by atoms with Crippen LogP contribution in [-0.2, 0) is 29.0 Å². The number of aliphatic carboxylic acids is 1. The monoisotopic (exact) mass is 403 g/mol. The van der Waals surface area contributed by atoms with E-state index >= 15 is 0 Å². The van der Waals surface area contributed by atoms with Crippen LogP contribution in [0.25, 0.3) is 11.1 Å². The molecule has 3 aromatic rings. The molecule has 0 radical (unpaired) electrons. The van der Waals surface area contributed by atoms with Gasteiger partial charge in [0.1, 0.15) is 18.4 Å². The molecule has 1 aliphatic carbocycles. The molecule has 1 unspecified atom stereocenters. The van der Waals surface area contributed by atoms with Gasteiger partial charge < -0.3 is 20.3 Å². The zero-order chi connectivity index (χ0) is 21.1. The smallest absolute Gasteiger partial charge is 0.408 e. The molecule has 0 aliphatic heterocycles. The molecule has 4 rings (SSSR count). The first kappa shape index (κ1) is 19.5. The maximum absolute atomic E-state index is 12.3. The summed E-state index contributed by atoms with van der Waals surface area (Å²) >= 11 is 0. The van der Waals surface area contributed by atoms with Gasteiger partial charge >= 0.3 is 12.1 Å². The Hall–Kier alpha value is -3.80. The Morgan fingerprint density at radius 3 is 2.47 bits per heavy atom. The lowest BCUT2D eigenvalue weighted by molar-refractivity contribution is -0.139. The van der Waals surface area contributed by atoms with E-state index in [2.05, 4.69) is 23.5 Å². The highest BCUT2D eigenvalue weighted by Crippen LogP contribution is 2.38. The van der Waals surface area contributed by atoms with Crippen LogP contribution in [0.2, 0.25) is 0 Å². The molecule has 0 spiro atoms. The van der Waals surface area contributed by atoms with E-state index < -0.39 is 18.1 Å². The van der Waals surface area contributed by atoms with Crippen LogP contribution in [0.15, 0.2) is 66.7 Å². The standard InChI is InChI=1S/C24H21NO5/c26-18-10-8-15(9-11-18)12-22(23(27)28)25-24(29)30-14-17-5-3-7-20-19-6-2-1-4-16(19)13-21(17)20/h1-11,22,26H,12-14H2,(H,25,29)(H,27,28). The second-order valence-corrected chi connectivity index (χ2v) is 7.26. The van der Waals surface area contributed by atoms with E-state index in [4.69, 9.17) is 4.74 Å². The van der Waals surface area contributed by atoms with Crippen molar-refractivity contribution in [1.29, 1.82) is 0 Å². The molecular formula is C24H21NO5. The van der Waals surface area contributed by atoms with E-state index in [9.17, 15) is 19.8 Å². The summed E-state index contributed by atoms with van der Waals surface area (Å²) in [4.78, 5) is 23.8. The molecule has 0 aromatic heterocycles. The number of nitrogens with one attached hydrogen (secondary N) is 1. The number of ether oxygens (including phenoxy) is 1. The Morgan fingerprint density at radius 1 is 0.967 bits per heavy atom. The van der Waals surface area contributed by atoms with Crippen molar-refractivity contribution >= 4 is 12.1 Å². The van der Waals surface area contributed by atoms with Crippen LogP contribution < -0.4 is 5.32 Å². The van der Waals surface area contributed by atoms with Crippen LogP contribution in [0.1, 0.15) is 22.3 Å². The van der Waals surface area contributed by atoms with Gasteiger partial charge in [0.05, 0.1) is 0 Å². The molecule has 0 saturated carbocycles. The quantitative estimate of drug-likeness (QED) is 0.454. The molecule has 0 saturated heterocycles. The van der Waals surface area contributed by atoms with Crippen molar-refractivity contribution in [2.75, 3.05) is 0 Å². The second kappa shape index (κ2) is 8.29. The van der Waals surface area contributed by atoms with Crippen molar-refractivity contribution in [3.63, 3.8) is 0 Å². The van der Waals surface area contributed by atoms with E-state index in [-0.39, 0.29) is 18.8 Å². The molecule has 1 atom stereocenters. The molecule has 1 aliphatic rings. The summed E-state index contributed by atoms with van der Waals surface area (Å²) in [5, 5.41) is 21.2. The molecule has 3 aromatic carbocycles. The Labute approximate surface area is 173 Å². The van der Waals surface area contributed by atoms with Gasteiger partial charge in [-0.05, 0) is 51.9 Å². The van der Waals surface area contributed by atoms with Gasteiger partial charge in [0.25, 0.3) is 0 Å². The Balaban J connectivity index is 1.40. The summed E-state index contributed by atoms with van der Waals surface area (Å²) in [6.45, 7) is 0.0640. The normalized spacial score (nSPS) is 12.5. The third-order valence-electron chi connectivity index (χ3n) is 5.27. The number of rotatable bonds is 6. The van der Waals surface area contributed by atoms with Gasteiger partial charge in [-0.2, -0.15) is 0 Å². The van der Waals surface area contributed by atoms with Gasteiger partial charge in [-0.25, -0.2) is 9.59 Å². The molecule has 0 bridgehead atoms. The third kappa shape index (κ3) is 4.12. The first-order valence-corrected chi connectivity index (χ1v) is 9.64. The number of carboxylic acids is 1. The molecule has 0 heterocycles. The highest BCUT2D eigenvalue weighted by Gasteiger charge is 2.23. The van der Waals surface area contributed by atoms with Crippen molar-refractivity contribution in [1.82, 2.24) is 5.32 Å². The fourth-order valence-electron chi connectivity index (χ4n) is 3.75. The number of benzene rings is 3. The molecule has 6 nitrogen and oxygen atoms in total. The lowest BCUT2D eigenvalue weighted by Gasteiger charge is -2.15. The van der Waals surface area contributed by atoms with Gasteiger partial charge in [-0.1, -0.05) is 54.6 Å². The average molecular weight is 403 g/mol. The van der Waals surface area contributed by atoms with Crippen molar-refractivity contribution in [2.24, 2.45) is 0 Å². The number of carbonyl (C=O) groups excluding carboxylic acids is 1. The Bertz CT molecular complexity index is 1090. The van der Waals surface area contributed by atoms with E-state index in [0.717, 1.165) is 23.1 Å². The molecule has 152 valence electrons. The van der Waals surface area contributed by atoms with Crippen molar-refractivity contribution in [2.45, 2.75) is 25.5 Å². The summed E-state index contributed by atoms with van der Waals surface area (Å²) in [5.41, 5.74) is 6.29. The molecule has 1 amide bonds. The molecule has 0 fully saturated rings. The first-order valence-electron chi connectivity index (χ1n) is 9.64. The van der Waals surface area contributed by atoms with Crippen LogP contribution in [0.3, 0.4) is 0 Å². The Kier molecular flexibility index (Phi) is 5.39. The van der Waals surface area contributed by atoms with Gasteiger partial charge in [0.15, 0.2) is 0 Å².